The molecule has 0 aliphatic carbocycles. The number of likely N-dealkylation sites (tertiary alicyclic amines) is 1. The number of carbonyl (C=O) groups excluding carboxylic acids is 1. The number of aromatic nitrogens is 1. The van der Waals surface area contributed by atoms with Gasteiger partial charge in [-0.1, -0.05) is 30.3 Å². The zero-order valence-corrected chi connectivity index (χ0v) is 14.6. The maximum atomic E-state index is 13.0. The number of carbonyl (C=O) groups is 1. The van der Waals surface area contributed by atoms with Crippen LogP contribution in [0.15, 0.2) is 42.6 Å². The van der Waals surface area contributed by atoms with Crippen molar-refractivity contribution in [3.8, 4) is 11.3 Å². The van der Waals surface area contributed by atoms with Crippen molar-refractivity contribution in [3.05, 3.63) is 48.2 Å². The van der Waals surface area contributed by atoms with Gasteiger partial charge in [0.15, 0.2) is 0 Å². The van der Waals surface area contributed by atoms with Gasteiger partial charge in [0.25, 0.3) is 5.91 Å². The van der Waals surface area contributed by atoms with Crippen LogP contribution in [0.1, 0.15) is 30.1 Å². The molecule has 5 nitrogen and oxygen atoms in total. The minimum Gasteiger partial charge on any atom is -0.396 e. The van der Waals surface area contributed by atoms with Gasteiger partial charge in [0, 0.05) is 31.5 Å². The smallest absolute Gasteiger partial charge is 0.256 e. The quantitative estimate of drug-likeness (QED) is 0.908. The van der Waals surface area contributed by atoms with Crippen molar-refractivity contribution in [2.24, 2.45) is 5.92 Å². The van der Waals surface area contributed by atoms with Gasteiger partial charge in [-0.05, 0) is 31.7 Å². The van der Waals surface area contributed by atoms with Crippen LogP contribution in [0.4, 0.5) is 5.69 Å². The zero-order valence-electron chi connectivity index (χ0n) is 14.6. The molecule has 1 aromatic heterocycles. The SMILES string of the molecule is CCOC[C@H]1CCCN(C(=O)c2ccnc(-c3ccccc3)c2N)C1. The second kappa shape index (κ2) is 8.12. The van der Waals surface area contributed by atoms with Crippen LogP contribution in [-0.4, -0.2) is 42.1 Å². The number of rotatable bonds is 5. The first-order valence-electron chi connectivity index (χ1n) is 8.87. The van der Waals surface area contributed by atoms with Crippen LogP contribution < -0.4 is 5.73 Å². The van der Waals surface area contributed by atoms with Crippen molar-refractivity contribution in [2.45, 2.75) is 19.8 Å². The van der Waals surface area contributed by atoms with Gasteiger partial charge >= 0.3 is 0 Å². The van der Waals surface area contributed by atoms with Gasteiger partial charge in [-0.15, -0.1) is 0 Å². The Hall–Kier alpha value is -2.40. The number of pyridine rings is 1. The fourth-order valence-corrected chi connectivity index (χ4v) is 3.33. The average Bonchev–Trinajstić information content (AvgIpc) is 2.67. The highest BCUT2D eigenvalue weighted by molar-refractivity contribution is 6.01. The number of hydrogen-bond acceptors (Lipinski definition) is 4. The summed E-state index contributed by atoms with van der Waals surface area (Å²) in [6, 6.07) is 11.4. The van der Waals surface area contributed by atoms with E-state index >= 15 is 0 Å². The summed E-state index contributed by atoms with van der Waals surface area (Å²) in [5.74, 6) is 0.382. The lowest BCUT2D eigenvalue weighted by Gasteiger charge is -2.33. The lowest BCUT2D eigenvalue weighted by molar-refractivity contribution is 0.0502. The molecule has 1 aromatic carbocycles. The molecule has 1 amide bonds. The molecule has 1 saturated heterocycles. The van der Waals surface area contributed by atoms with Crippen molar-refractivity contribution in [2.75, 3.05) is 32.0 Å². The summed E-state index contributed by atoms with van der Waals surface area (Å²) in [5, 5.41) is 0. The molecule has 2 N–H and O–H groups in total. The third kappa shape index (κ3) is 3.99. The molecule has 0 unspecified atom stereocenters. The first-order chi connectivity index (χ1) is 12.2. The number of anilines is 1. The number of amides is 1. The summed E-state index contributed by atoms with van der Waals surface area (Å²) >= 11 is 0. The van der Waals surface area contributed by atoms with Crippen molar-refractivity contribution in [1.29, 1.82) is 0 Å². The van der Waals surface area contributed by atoms with E-state index in [-0.39, 0.29) is 5.91 Å². The van der Waals surface area contributed by atoms with E-state index in [1.165, 1.54) is 0 Å². The van der Waals surface area contributed by atoms with E-state index < -0.39 is 0 Å². The number of piperidine rings is 1. The van der Waals surface area contributed by atoms with E-state index in [4.69, 9.17) is 10.5 Å². The van der Waals surface area contributed by atoms with Gasteiger partial charge in [0.2, 0.25) is 0 Å². The van der Waals surface area contributed by atoms with Crippen LogP contribution in [0.2, 0.25) is 0 Å². The molecule has 0 bridgehead atoms. The lowest BCUT2D eigenvalue weighted by Crippen LogP contribution is -2.41. The summed E-state index contributed by atoms with van der Waals surface area (Å²) in [7, 11) is 0. The molecule has 5 heteroatoms. The van der Waals surface area contributed by atoms with Gasteiger partial charge < -0.3 is 15.4 Å². The van der Waals surface area contributed by atoms with Crippen molar-refractivity contribution in [3.63, 3.8) is 0 Å². The fourth-order valence-electron chi connectivity index (χ4n) is 3.33. The molecule has 0 radical (unpaired) electrons. The van der Waals surface area contributed by atoms with Crippen LogP contribution in [0, 0.1) is 5.92 Å². The third-order valence-corrected chi connectivity index (χ3v) is 4.63. The number of nitrogens with two attached hydrogens (primary N) is 1. The number of ether oxygens (including phenoxy) is 1. The fraction of sp³-hybridized carbons (Fsp3) is 0.400. The second-order valence-electron chi connectivity index (χ2n) is 6.41. The first kappa shape index (κ1) is 17.4. The topological polar surface area (TPSA) is 68.5 Å². The molecule has 1 aliphatic heterocycles. The Labute approximate surface area is 148 Å². The number of nitrogen functional groups attached to an aromatic ring is 1. The Morgan fingerprint density at radius 3 is 2.88 bits per heavy atom. The molecule has 3 rings (SSSR count). The van der Waals surface area contributed by atoms with Crippen LogP contribution in [0.3, 0.4) is 0 Å². The van der Waals surface area contributed by atoms with Crippen LogP contribution >= 0.6 is 0 Å². The second-order valence-corrected chi connectivity index (χ2v) is 6.41. The average molecular weight is 339 g/mol. The number of hydrogen-bond donors (Lipinski definition) is 1. The summed E-state index contributed by atoms with van der Waals surface area (Å²) < 4.78 is 5.53. The van der Waals surface area contributed by atoms with E-state index in [2.05, 4.69) is 4.98 Å². The molecule has 132 valence electrons. The monoisotopic (exact) mass is 339 g/mol. The van der Waals surface area contributed by atoms with E-state index in [1.807, 2.05) is 42.2 Å². The maximum Gasteiger partial charge on any atom is 0.256 e. The Kier molecular flexibility index (Phi) is 5.66. The molecule has 2 aromatic rings. The standard InChI is InChI=1S/C20H25N3O2/c1-2-25-14-15-7-6-12-23(13-15)20(24)17-10-11-22-19(18(17)21)16-8-4-3-5-9-16/h3-5,8-11,15H,2,6-7,12-14,21H2,1H3/t15-/m0/s1. The predicted octanol–water partition coefficient (Wildman–Crippen LogP) is 3.22. The molecule has 0 spiro atoms. The summed E-state index contributed by atoms with van der Waals surface area (Å²) in [6.45, 7) is 4.91. The highest BCUT2D eigenvalue weighted by atomic mass is 16.5. The van der Waals surface area contributed by atoms with Gasteiger partial charge in [0.1, 0.15) is 0 Å². The third-order valence-electron chi connectivity index (χ3n) is 4.63. The normalized spacial score (nSPS) is 17.5. The zero-order chi connectivity index (χ0) is 17.6. The molecular formula is C20H25N3O2. The van der Waals surface area contributed by atoms with Crippen molar-refractivity contribution < 1.29 is 9.53 Å². The molecule has 1 atom stereocenters. The molecule has 1 fully saturated rings. The van der Waals surface area contributed by atoms with E-state index in [0.29, 0.717) is 36.1 Å². The highest BCUT2D eigenvalue weighted by Gasteiger charge is 2.26. The minimum absolute atomic E-state index is 0.0155. The molecule has 0 saturated carbocycles. The van der Waals surface area contributed by atoms with Crippen LogP contribution in [0.5, 0.6) is 0 Å². The summed E-state index contributed by atoms with van der Waals surface area (Å²) in [5.41, 5.74) is 8.87. The van der Waals surface area contributed by atoms with Crippen molar-refractivity contribution in [1.82, 2.24) is 9.88 Å². The Bertz CT molecular complexity index is 718. The number of nitrogens with zero attached hydrogens (tertiary/aromatic N) is 2. The summed E-state index contributed by atoms with van der Waals surface area (Å²) in [6.07, 6.45) is 3.76. The van der Waals surface area contributed by atoms with E-state index in [0.717, 1.165) is 31.5 Å². The molecule has 25 heavy (non-hydrogen) atoms. The van der Waals surface area contributed by atoms with Crippen LogP contribution in [0.25, 0.3) is 11.3 Å². The van der Waals surface area contributed by atoms with Crippen molar-refractivity contribution >= 4 is 11.6 Å². The van der Waals surface area contributed by atoms with E-state index in [9.17, 15) is 4.79 Å². The summed E-state index contributed by atoms with van der Waals surface area (Å²) in [4.78, 5) is 19.3. The van der Waals surface area contributed by atoms with Crippen LogP contribution in [-0.2, 0) is 4.74 Å². The van der Waals surface area contributed by atoms with E-state index in [1.54, 1.807) is 12.3 Å². The van der Waals surface area contributed by atoms with Gasteiger partial charge in [-0.25, -0.2) is 0 Å². The lowest BCUT2D eigenvalue weighted by atomic mass is 9.97. The van der Waals surface area contributed by atoms with Gasteiger partial charge in [-0.2, -0.15) is 0 Å². The Balaban J connectivity index is 1.80. The van der Waals surface area contributed by atoms with Gasteiger partial charge in [-0.3, -0.25) is 9.78 Å². The first-order valence-corrected chi connectivity index (χ1v) is 8.87. The Morgan fingerprint density at radius 2 is 2.12 bits per heavy atom. The maximum absolute atomic E-state index is 13.0. The molecule has 2 heterocycles. The predicted molar refractivity (Wildman–Crippen MR) is 99.2 cm³/mol. The van der Waals surface area contributed by atoms with Gasteiger partial charge in [0.05, 0.1) is 23.6 Å². The molecule has 1 aliphatic rings. The minimum atomic E-state index is -0.0155. The Morgan fingerprint density at radius 1 is 1.32 bits per heavy atom. The number of benzene rings is 1. The largest absolute Gasteiger partial charge is 0.396 e. The highest BCUT2D eigenvalue weighted by Crippen LogP contribution is 2.28. The molecular weight excluding hydrogens is 314 g/mol.